The van der Waals surface area contributed by atoms with Crippen molar-refractivity contribution in [2.24, 2.45) is 0 Å². The van der Waals surface area contributed by atoms with E-state index in [0.717, 1.165) is 23.6 Å². The Kier molecular flexibility index (Phi) is 4.68. The van der Waals surface area contributed by atoms with Crippen molar-refractivity contribution < 1.29 is 4.79 Å². The van der Waals surface area contributed by atoms with E-state index >= 15 is 0 Å². The Morgan fingerprint density at radius 3 is 2.90 bits per heavy atom. The first kappa shape index (κ1) is 14.5. The highest BCUT2D eigenvalue weighted by molar-refractivity contribution is 7.07. The SMILES string of the molecule is CCNc1cc(C)ncc1C(=O)N(C)Cc1cscn1. The van der Waals surface area contributed by atoms with E-state index in [-0.39, 0.29) is 5.91 Å². The summed E-state index contributed by atoms with van der Waals surface area (Å²) in [6.07, 6.45) is 1.63. The first-order chi connectivity index (χ1) is 9.61. The van der Waals surface area contributed by atoms with Gasteiger partial charge in [0.1, 0.15) is 0 Å². The molecule has 1 amide bonds. The number of aromatic nitrogens is 2. The molecule has 0 aliphatic heterocycles. The van der Waals surface area contributed by atoms with Gasteiger partial charge < -0.3 is 10.2 Å². The summed E-state index contributed by atoms with van der Waals surface area (Å²) in [7, 11) is 1.78. The van der Waals surface area contributed by atoms with Gasteiger partial charge in [0.15, 0.2) is 0 Å². The van der Waals surface area contributed by atoms with Crippen molar-refractivity contribution in [1.82, 2.24) is 14.9 Å². The molecule has 0 saturated heterocycles. The maximum Gasteiger partial charge on any atom is 0.257 e. The fraction of sp³-hybridized carbons (Fsp3) is 0.357. The molecule has 2 heterocycles. The Bertz CT molecular complexity index is 583. The Morgan fingerprint density at radius 1 is 1.45 bits per heavy atom. The first-order valence-corrected chi connectivity index (χ1v) is 7.39. The summed E-state index contributed by atoms with van der Waals surface area (Å²) >= 11 is 1.53. The van der Waals surface area contributed by atoms with Crippen LogP contribution in [0.15, 0.2) is 23.2 Å². The second-order valence-electron chi connectivity index (χ2n) is 4.54. The zero-order chi connectivity index (χ0) is 14.5. The third kappa shape index (κ3) is 3.33. The molecule has 0 saturated carbocycles. The molecular formula is C14H18N4OS. The van der Waals surface area contributed by atoms with Gasteiger partial charge in [-0.05, 0) is 19.9 Å². The van der Waals surface area contributed by atoms with Crippen LogP contribution in [0.25, 0.3) is 0 Å². The minimum absolute atomic E-state index is 0.0542. The van der Waals surface area contributed by atoms with E-state index in [0.29, 0.717) is 12.1 Å². The van der Waals surface area contributed by atoms with Crippen LogP contribution >= 0.6 is 11.3 Å². The molecule has 106 valence electrons. The maximum absolute atomic E-state index is 12.5. The highest BCUT2D eigenvalue weighted by atomic mass is 32.1. The van der Waals surface area contributed by atoms with Gasteiger partial charge in [0.05, 0.1) is 29.0 Å². The van der Waals surface area contributed by atoms with E-state index in [4.69, 9.17) is 0 Å². The van der Waals surface area contributed by atoms with Gasteiger partial charge in [-0.25, -0.2) is 4.98 Å². The summed E-state index contributed by atoms with van der Waals surface area (Å²) in [6.45, 7) is 5.18. The predicted octanol–water partition coefficient (Wildman–Crippen LogP) is 2.55. The van der Waals surface area contributed by atoms with E-state index in [1.54, 1.807) is 23.7 Å². The number of thiazole rings is 1. The molecule has 20 heavy (non-hydrogen) atoms. The van der Waals surface area contributed by atoms with Gasteiger partial charge in [0.25, 0.3) is 5.91 Å². The molecule has 0 radical (unpaired) electrons. The van der Waals surface area contributed by atoms with Gasteiger partial charge >= 0.3 is 0 Å². The topological polar surface area (TPSA) is 58.1 Å². The molecule has 0 fully saturated rings. The standard InChI is InChI=1S/C14H18N4OS/c1-4-15-13-5-10(2)16-6-12(13)14(19)18(3)7-11-8-20-9-17-11/h5-6,8-9H,4,7H2,1-3H3,(H,15,16). The number of carbonyl (C=O) groups is 1. The summed E-state index contributed by atoms with van der Waals surface area (Å²) in [5.74, 6) is -0.0542. The van der Waals surface area contributed by atoms with Crippen molar-refractivity contribution in [3.8, 4) is 0 Å². The highest BCUT2D eigenvalue weighted by Crippen LogP contribution is 2.18. The number of aryl methyl sites for hydroxylation is 1. The van der Waals surface area contributed by atoms with Gasteiger partial charge in [0, 0.05) is 30.9 Å². The fourth-order valence-electron chi connectivity index (χ4n) is 1.90. The van der Waals surface area contributed by atoms with Crippen molar-refractivity contribution >= 4 is 22.9 Å². The summed E-state index contributed by atoms with van der Waals surface area (Å²) < 4.78 is 0. The number of carbonyl (C=O) groups excluding carboxylic acids is 1. The number of hydrogen-bond acceptors (Lipinski definition) is 5. The number of nitrogens with one attached hydrogen (secondary N) is 1. The number of nitrogens with zero attached hydrogens (tertiary/aromatic N) is 3. The van der Waals surface area contributed by atoms with E-state index in [9.17, 15) is 4.79 Å². The third-order valence-corrected chi connectivity index (χ3v) is 3.50. The normalized spacial score (nSPS) is 10.3. The maximum atomic E-state index is 12.5. The Labute approximate surface area is 122 Å². The molecule has 0 spiro atoms. The Morgan fingerprint density at radius 2 is 2.25 bits per heavy atom. The van der Waals surface area contributed by atoms with Crippen LogP contribution in [-0.4, -0.2) is 34.4 Å². The number of pyridine rings is 1. The van der Waals surface area contributed by atoms with Crippen molar-refractivity contribution in [3.05, 3.63) is 40.1 Å². The minimum Gasteiger partial charge on any atom is -0.385 e. The summed E-state index contributed by atoms with van der Waals surface area (Å²) in [6, 6.07) is 1.90. The zero-order valence-electron chi connectivity index (χ0n) is 11.9. The Hall–Kier alpha value is -1.95. The molecule has 5 nitrogen and oxygen atoms in total. The molecule has 2 aromatic heterocycles. The lowest BCUT2D eigenvalue weighted by Crippen LogP contribution is -2.27. The smallest absolute Gasteiger partial charge is 0.257 e. The number of anilines is 1. The van der Waals surface area contributed by atoms with Crippen LogP contribution in [0, 0.1) is 6.92 Å². The lowest BCUT2D eigenvalue weighted by Gasteiger charge is -2.18. The molecule has 2 rings (SSSR count). The summed E-state index contributed by atoms with van der Waals surface area (Å²) in [4.78, 5) is 22.6. The number of hydrogen-bond donors (Lipinski definition) is 1. The molecule has 0 aromatic carbocycles. The molecule has 6 heteroatoms. The molecule has 2 aromatic rings. The second-order valence-corrected chi connectivity index (χ2v) is 5.26. The lowest BCUT2D eigenvalue weighted by atomic mass is 10.2. The quantitative estimate of drug-likeness (QED) is 0.919. The average molecular weight is 290 g/mol. The van der Waals surface area contributed by atoms with Crippen LogP contribution in [-0.2, 0) is 6.54 Å². The molecular weight excluding hydrogens is 272 g/mol. The Balaban J connectivity index is 2.19. The van der Waals surface area contributed by atoms with Gasteiger partial charge in [-0.3, -0.25) is 9.78 Å². The van der Waals surface area contributed by atoms with Crippen LogP contribution in [0.4, 0.5) is 5.69 Å². The molecule has 1 N–H and O–H groups in total. The molecule has 0 unspecified atom stereocenters. The van der Waals surface area contributed by atoms with E-state index in [2.05, 4.69) is 15.3 Å². The number of amides is 1. The van der Waals surface area contributed by atoms with Gasteiger partial charge in [-0.1, -0.05) is 0 Å². The third-order valence-electron chi connectivity index (χ3n) is 2.87. The van der Waals surface area contributed by atoms with Gasteiger partial charge in [-0.2, -0.15) is 0 Å². The largest absolute Gasteiger partial charge is 0.385 e. The molecule has 0 aliphatic carbocycles. The summed E-state index contributed by atoms with van der Waals surface area (Å²) in [5, 5.41) is 5.16. The van der Waals surface area contributed by atoms with Crippen LogP contribution in [0.2, 0.25) is 0 Å². The molecule has 0 atom stereocenters. The average Bonchev–Trinajstić information content (AvgIpc) is 2.91. The number of rotatable bonds is 5. The van der Waals surface area contributed by atoms with E-state index in [1.165, 1.54) is 11.3 Å². The van der Waals surface area contributed by atoms with E-state index in [1.807, 2.05) is 25.3 Å². The highest BCUT2D eigenvalue weighted by Gasteiger charge is 2.17. The minimum atomic E-state index is -0.0542. The van der Waals surface area contributed by atoms with Gasteiger partial charge in [-0.15, -0.1) is 11.3 Å². The van der Waals surface area contributed by atoms with Crippen LogP contribution in [0.5, 0.6) is 0 Å². The van der Waals surface area contributed by atoms with Crippen molar-refractivity contribution in [2.45, 2.75) is 20.4 Å². The monoisotopic (exact) mass is 290 g/mol. The first-order valence-electron chi connectivity index (χ1n) is 6.45. The lowest BCUT2D eigenvalue weighted by molar-refractivity contribution is 0.0784. The fourth-order valence-corrected chi connectivity index (χ4v) is 2.45. The van der Waals surface area contributed by atoms with Crippen molar-refractivity contribution in [1.29, 1.82) is 0 Å². The van der Waals surface area contributed by atoms with Crippen LogP contribution in [0.1, 0.15) is 28.7 Å². The predicted molar refractivity (Wildman–Crippen MR) is 81.0 cm³/mol. The molecule has 0 bridgehead atoms. The van der Waals surface area contributed by atoms with Crippen molar-refractivity contribution in [3.63, 3.8) is 0 Å². The van der Waals surface area contributed by atoms with Gasteiger partial charge in [0.2, 0.25) is 0 Å². The van der Waals surface area contributed by atoms with Crippen LogP contribution in [0.3, 0.4) is 0 Å². The summed E-state index contributed by atoms with van der Waals surface area (Å²) in [5.41, 5.74) is 4.98. The molecule has 0 aliphatic rings. The van der Waals surface area contributed by atoms with E-state index < -0.39 is 0 Å². The van der Waals surface area contributed by atoms with Crippen molar-refractivity contribution in [2.75, 3.05) is 18.9 Å². The second kappa shape index (κ2) is 6.47. The van der Waals surface area contributed by atoms with Crippen LogP contribution < -0.4 is 5.32 Å². The zero-order valence-corrected chi connectivity index (χ0v) is 12.7.